The number of carbonyl (C=O) groups is 1. The first-order chi connectivity index (χ1) is 7.65. The average molecular weight is 227 g/mol. The molecule has 0 aromatic carbocycles. The van der Waals surface area contributed by atoms with E-state index in [4.69, 9.17) is 4.74 Å². The second kappa shape index (κ2) is 6.89. The lowest BCUT2D eigenvalue weighted by molar-refractivity contribution is -0.152. The minimum Gasteiger partial charge on any atom is -0.461 e. The molecular formula is C13H25NO2. The summed E-state index contributed by atoms with van der Waals surface area (Å²) in [4.78, 5) is 13.8. The highest BCUT2D eigenvalue weighted by Crippen LogP contribution is 2.25. The maximum Gasteiger partial charge on any atom is 0.320 e. The maximum atomic E-state index is 11.7. The standard InChI is InChI=1S/C13H25NO2/c1-4-14(5-2)10-13(15)16-12-8-6-7-11(3)9-12/h11-12H,4-10H2,1-3H3. The van der Waals surface area contributed by atoms with Gasteiger partial charge >= 0.3 is 5.97 Å². The fraction of sp³-hybridized carbons (Fsp3) is 0.923. The van der Waals surface area contributed by atoms with Crippen LogP contribution in [-0.4, -0.2) is 36.6 Å². The van der Waals surface area contributed by atoms with Crippen molar-refractivity contribution in [2.45, 2.75) is 52.6 Å². The molecule has 1 aliphatic carbocycles. The lowest BCUT2D eigenvalue weighted by atomic mass is 9.89. The monoisotopic (exact) mass is 227 g/mol. The molecule has 0 amide bonds. The topological polar surface area (TPSA) is 29.5 Å². The third-order valence-electron chi connectivity index (χ3n) is 3.43. The minimum absolute atomic E-state index is 0.0530. The Hall–Kier alpha value is -0.570. The van der Waals surface area contributed by atoms with Crippen molar-refractivity contribution in [2.75, 3.05) is 19.6 Å². The summed E-state index contributed by atoms with van der Waals surface area (Å²) in [5.41, 5.74) is 0. The van der Waals surface area contributed by atoms with Gasteiger partial charge in [-0.1, -0.05) is 27.2 Å². The Morgan fingerprint density at radius 3 is 2.56 bits per heavy atom. The van der Waals surface area contributed by atoms with Crippen molar-refractivity contribution < 1.29 is 9.53 Å². The predicted molar refractivity (Wildman–Crippen MR) is 65.3 cm³/mol. The van der Waals surface area contributed by atoms with E-state index in [1.807, 2.05) is 0 Å². The molecule has 0 radical (unpaired) electrons. The molecule has 94 valence electrons. The molecule has 0 aromatic heterocycles. The number of hydrogen-bond acceptors (Lipinski definition) is 3. The van der Waals surface area contributed by atoms with E-state index in [0.717, 1.165) is 25.9 Å². The Labute approximate surface area is 99.1 Å². The van der Waals surface area contributed by atoms with E-state index in [1.54, 1.807) is 0 Å². The molecular weight excluding hydrogens is 202 g/mol. The molecule has 0 aromatic rings. The van der Waals surface area contributed by atoms with E-state index in [0.29, 0.717) is 12.5 Å². The molecule has 0 N–H and O–H groups in total. The number of nitrogens with zero attached hydrogens (tertiary/aromatic N) is 1. The first-order valence-electron chi connectivity index (χ1n) is 6.57. The first-order valence-corrected chi connectivity index (χ1v) is 6.57. The Kier molecular flexibility index (Phi) is 5.81. The van der Waals surface area contributed by atoms with Crippen LogP contribution in [0.1, 0.15) is 46.5 Å². The van der Waals surface area contributed by atoms with Gasteiger partial charge in [-0.3, -0.25) is 9.69 Å². The molecule has 0 bridgehead atoms. The van der Waals surface area contributed by atoms with Gasteiger partial charge in [0.2, 0.25) is 0 Å². The third kappa shape index (κ3) is 4.52. The normalized spacial score (nSPS) is 25.8. The van der Waals surface area contributed by atoms with Crippen molar-refractivity contribution in [1.29, 1.82) is 0 Å². The number of esters is 1. The summed E-state index contributed by atoms with van der Waals surface area (Å²) in [6.07, 6.45) is 4.75. The number of rotatable bonds is 5. The number of ether oxygens (including phenoxy) is 1. The van der Waals surface area contributed by atoms with Gasteiger partial charge in [0.15, 0.2) is 0 Å². The van der Waals surface area contributed by atoms with E-state index < -0.39 is 0 Å². The summed E-state index contributed by atoms with van der Waals surface area (Å²) >= 11 is 0. The van der Waals surface area contributed by atoms with Crippen LogP contribution >= 0.6 is 0 Å². The van der Waals surface area contributed by atoms with Gasteiger partial charge in [-0.2, -0.15) is 0 Å². The highest BCUT2D eigenvalue weighted by atomic mass is 16.5. The second-order valence-electron chi connectivity index (χ2n) is 4.85. The van der Waals surface area contributed by atoms with Crippen LogP contribution in [0, 0.1) is 5.92 Å². The predicted octanol–water partition coefficient (Wildman–Crippen LogP) is 2.45. The zero-order chi connectivity index (χ0) is 12.0. The molecule has 16 heavy (non-hydrogen) atoms. The van der Waals surface area contributed by atoms with Crippen LogP contribution in [0.25, 0.3) is 0 Å². The van der Waals surface area contributed by atoms with Gasteiger partial charge in [0, 0.05) is 0 Å². The maximum absolute atomic E-state index is 11.7. The molecule has 2 unspecified atom stereocenters. The minimum atomic E-state index is -0.0530. The SMILES string of the molecule is CCN(CC)CC(=O)OC1CCCC(C)C1. The zero-order valence-corrected chi connectivity index (χ0v) is 10.9. The van der Waals surface area contributed by atoms with E-state index >= 15 is 0 Å². The highest BCUT2D eigenvalue weighted by Gasteiger charge is 2.22. The van der Waals surface area contributed by atoms with Gasteiger partial charge in [-0.05, 0) is 38.3 Å². The molecule has 3 nitrogen and oxygen atoms in total. The molecule has 0 heterocycles. The van der Waals surface area contributed by atoms with Gasteiger partial charge in [0.25, 0.3) is 0 Å². The lowest BCUT2D eigenvalue weighted by Gasteiger charge is -2.27. The summed E-state index contributed by atoms with van der Waals surface area (Å²) in [5, 5.41) is 0. The van der Waals surface area contributed by atoms with Gasteiger partial charge < -0.3 is 4.74 Å². The van der Waals surface area contributed by atoms with Crippen LogP contribution in [0.4, 0.5) is 0 Å². The molecule has 1 saturated carbocycles. The van der Waals surface area contributed by atoms with Crippen LogP contribution in [0.2, 0.25) is 0 Å². The molecule has 1 fully saturated rings. The number of carbonyl (C=O) groups excluding carboxylic acids is 1. The Balaban J connectivity index is 2.27. The van der Waals surface area contributed by atoms with Crippen LogP contribution in [0.5, 0.6) is 0 Å². The molecule has 1 rings (SSSR count). The Bertz CT molecular complexity index is 214. The van der Waals surface area contributed by atoms with Crippen molar-refractivity contribution in [3.8, 4) is 0 Å². The van der Waals surface area contributed by atoms with E-state index in [1.165, 1.54) is 12.8 Å². The van der Waals surface area contributed by atoms with Crippen LogP contribution in [-0.2, 0) is 9.53 Å². The Morgan fingerprint density at radius 1 is 1.31 bits per heavy atom. The van der Waals surface area contributed by atoms with Gasteiger partial charge in [0.1, 0.15) is 6.10 Å². The summed E-state index contributed by atoms with van der Waals surface area (Å²) in [6, 6.07) is 0. The summed E-state index contributed by atoms with van der Waals surface area (Å²) < 4.78 is 5.52. The summed E-state index contributed by atoms with van der Waals surface area (Å²) in [6.45, 7) is 8.64. The van der Waals surface area contributed by atoms with Crippen LogP contribution in [0.3, 0.4) is 0 Å². The molecule has 0 aliphatic heterocycles. The average Bonchev–Trinajstić information content (AvgIpc) is 2.26. The number of likely N-dealkylation sites (N-methyl/N-ethyl adjacent to an activating group) is 1. The Morgan fingerprint density at radius 2 is 2.00 bits per heavy atom. The third-order valence-corrected chi connectivity index (χ3v) is 3.43. The van der Waals surface area contributed by atoms with Gasteiger partial charge in [0.05, 0.1) is 6.54 Å². The molecule has 0 saturated heterocycles. The van der Waals surface area contributed by atoms with Crippen molar-refractivity contribution in [3.63, 3.8) is 0 Å². The van der Waals surface area contributed by atoms with Crippen molar-refractivity contribution >= 4 is 5.97 Å². The zero-order valence-electron chi connectivity index (χ0n) is 10.9. The lowest BCUT2D eigenvalue weighted by Crippen LogP contribution is -2.33. The van der Waals surface area contributed by atoms with E-state index in [9.17, 15) is 4.79 Å². The fourth-order valence-electron chi connectivity index (χ4n) is 2.34. The summed E-state index contributed by atoms with van der Waals surface area (Å²) in [7, 11) is 0. The quantitative estimate of drug-likeness (QED) is 0.676. The molecule has 2 atom stereocenters. The molecule has 3 heteroatoms. The van der Waals surface area contributed by atoms with Gasteiger partial charge in [-0.15, -0.1) is 0 Å². The highest BCUT2D eigenvalue weighted by molar-refractivity contribution is 5.71. The molecule has 0 spiro atoms. The fourth-order valence-corrected chi connectivity index (χ4v) is 2.34. The van der Waals surface area contributed by atoms with E-state index in [2.05, 4.69) is 25.7 Å². The van der Waals surface area contributed by atoms with Crippen LogP contribution in [0.15, 0.2) is 0 Å². The largest absolute Gasteiger partial charge is 0.461 e. The second-order valence-corrected chi connectivity index (χ2v) is 4.85. The van der Waals surface area contributed by atoms with Crippen molar-refractivity contribution in [1.82, 2.24) is 4.90 Å². The smallest absolute Gasteiger partial charge is 0.320 e. The van der Waals surface area contributed by atoms with Crippen molar-refractivity contribution in [3.05, 3.63) is 0 Å². The summed E-state index contributed by atoms with van der Waals surface area (Å²) in [5.74, 6) is 0.655. The number of hydrogen-bond donors (Lipinski definition) is 0. The van der Waals surface area contributed by atoms with Crippen molar-refractivity contribution in [2.24, 2.45) is 5.92 Å². The first kappa shape index (κ1) is 13.5. The molecule has 1 aliphatic rings. The van der Waals surface area contributed by atoms with Gasteiger partial charge in [-0.25, -0.2) is 0 Å². The van der Waals surface area contributed by atoms with E-state index in [-0.39, 0.29) is 12.1 Å². The van der Waals surface area contributed by atoms with Crippen LogP contribution < -0.4 is 0 Å².